The van der Waals surface area contributed by atoms with E-state index in [1.807, 2.05) is 36.4 Å². The summed E-state index contributed by atoms with van der Waals surface area (Å²) in [5.74, 6) is 0.263. The Morgan fingerprint density at radius 3 is 2.00 bits per heavy atom. The number of morpholine rings is 1. The van der Waals surface area contributed by atoms with Gasteiger partial charge >= 0.3 is 11.9 Å². The topological polar surface area (TPSA) is 83.5 Å². The van der Waals surface area contributed by atoms with Crippen molar-refractivity contribution >= 4 is 46.7 Å². The normalized spacial score (nSPS) is 15.7. The predicted molar refractivity (Wildman–Crippen MR) is 155 cm³/mol. The Labute approximate surface area is 250 Å². The van der Waals surface area contributed by atoms with E-state index < -0.39 is 17.5 Å². The van der Waals surface area contributed by atoms with Gasteiger partial charge in [0.1, 0.15) is 31.2 Å². The molecule has 1 heterocycles. The molecule has 0 saturated carbocycles. The third-order valence-corrected chi connectivity index (χ3v) is 7.45. The average Bonchev–Trinajstić information content (AvgIpc) is 2.90. The van der Waals surface area contributed by atoms with Gasteiger partial charge in [-0.05, 0) is 35.4 Å². The van der Waals surface area contributed by atoms with Crippen molar-refractivity contribution < 1.29 is 33.3 Å². The number of carbonyl (C=O) groups is 2. The molecule has 0 amide bonds. The summed E-state index contributed by atoms with van der Waals surface area (Å²) in [7, 11) is 0. The first-order valence-corrected chi connectivity index (χ1v) is 14.3. The highest BCUT2D eigenvalue weighted by Gasteiger charge is 2.26. The summed E-state index contributed by atoms with van der Waals surface area (Å²) in [5, 5.41) is 0.673. The molecule has 0 bridgehead atoms. The number of nitrogens with zero attached hydrogens (tertiary/aromatic N) is 1. The number of benzene rings is 2. The van der Waals surface area contributed by atoms with Crippen LogP contribution in [0.2, 0.25) is 10.0 Å². The molecule has 0 radical (unpaired) electrons. The summed E-state index contributed by atoms with van der Waals surface area (Å²) in [6, 6.07) is 11.4. The minimum Gasteiger partial charge on any atom is -0.490 e. The van der Waals surface area contributed by atoms with Crippen molar-refractivity contribution in [3.05, 3.63) is 57.6 Å². The number of rotatable bonds is 13. The van der Waals surface area contributed by atoms with E-state index in [-0.39, 0.29) is 31.2 Å². The Balaban J connectivity index is 1.66. The Morgan fingerprint density at radius 2 is 1.45 bits per heavy atom. The first-order chi connectivity index (χ1) is 19.0. The molecule has 1 saturated heterocycles. The molecule has 3 rings (SSSR count). The van der Waals surface area contributed by atoms with Crippen LogP contribution >= 0.6 is 34.8 Å². The van der Waals surface area contributed by atoms with Crippen molar-refractivity contribution in [2.75, 3.05) is 51.9 Å². The molecule has 0 aromatic heterocycles. The molecule has 0 aliphatic carbocycles. The van der Waals surface area contributed by atoms with Crippen LogP contribution < -0.4 is 9.47 Å². The molecule has 2 aromatic carbocycles. The van der Waals surface area contributed by atoms with E-state index in [1.54, 1.807) is 0 Å². The molecule has 1 fully saturated rings. The molecule has 1 aliphatic heterocycles. The number of halogens is 3. The molecule has 8 nitrogen and oxygen atoms in total. The number of ether oxygens (including phenoxy) is 5. The van der Waals surface area contributed by atoms with Crippen LogP contribution in [0.1, 0.15) is 38.8 Å². The van der Waals surface area contributed by atoms with Gasteiger partial charge in [0.2, 0.25) is 0 Å². The second-order valence-corrected chi connectivity index (χ2v) is 11.2. The molecule has 220 valence electrons. The lowest BCUT2D eigenvalue weighted by Crippen LogP contribution is -2.43. The lowest BCUT2D eigenvalue weighted by atomic mass is 9.78. The molecular formula is C29H36Cl3NO7. The lowest BCUT2D eigenvalue weighted by Gasteiger charge is -2.30. The first-order valence-electron chi connectivity index (χ1n) is 13.1. The fourth-order valence-corrected chi connectivity index (χ4v) is 5.08. The van der Waals surface area contributed by atoms with Crippen LogP contribution in [0.3, 0.4) is 0 Å². The van der Waals surface area contributed by atoms with E-state index in [4.69, 9.17) is 58.5 Å². The first kappa shape index (κ1) is 32.3. The van der Waals surface area contributed by atoms with E-state index >= 15 is 0 Å². The van der Waals surface area contributed by atoms with Crippen LogP contribution in [-0.2, 0) is 29.2 Å². The third-order valence-electron chi connectivity index (χ3n) is 6.55. The Hall–Kier alpha value is -2.23. The minimum absolute atomic E-state index is 0.0253. The molecule has 11 heteroatoms. The summed E-state index contributed by atoms with van der Waals surface area (Å²) in [6.45, 7) is 10.6. The van der Waals surface area contributed by atoms with Gasteiger partial charge in [0.15, 0.2) is 5.75 Å². The van der Waals surface area contributed by atoms with Gasteiger partial charge in [-0.25, -0.2) is 0 Å². The molecule has 0 spiro atoms. The fraction of sp³-hybridized carbons (Fsp3) is 0.517. The van der Waals surface area contributed by atoms with Gasteiger partial charge in [-0.2, -0.15) is 0 Å². The van der Waals surface area contributed by atoms with Gasteiger partial charge in [-0.1, -0.05) is 49.2 Å². The zero-order chi connectivity index (χ0) is 29.3. The summed E-state index contributed by atoms with van der Waals surface area (Å²) in [6.07, 6.45) is -1.00. The zero-order valence-corrected chi connectivity index (χ0v) is 25.5. The van der Waals surface area contributed by atoms with E-state index in [0.717, 1.165) is 24.2 Å². The van der Waals surface area contributed by atoms with Crippen molar-refractivity contribution in [1.29, 1.82) is 0 Å². The number of carbonyl (C=O) groups excluding carboxylic acids is 2. The van der Waals surface area contributed by atoms with Crippen LogP contribution in [-0.4, -0.2) is 81.0 Å². The van der Waals surface area contributed by atoms with Gasteiger partial charge < -0.3 is 23.7 Å². The van der Waals surface area contributed by atoms with E-state index in [1.165, 1.54) is 13.8 Å². The largest absolute Gasteiger partial charge is 0.490 e. The Bertz CT molecular complexity index is 1110. The maximum Gasteiger partial charge on any atom is 0.303 e. The van der Waals surface area contributed by atoms with Crippen LogP contribution in [0.25, 0.3) is 0 Å². The van der Waals surface area contributed by atoms with Crippen molar-refractivity contribution in [2.24, 2.45) is 0 Å². The van der Waals surface area contributed by atoms with Crippen molar-refractivity contribution in [3.63, 3.8) is 0 Å². The van der Waals surface area contributed by atoms with Crippen LogP contribution in [0.5, 0.6) is 11.5 Å². The monoisotopic (exact) mass is 615 g/mol. The number of esters is 2. The molecule has 2 aromatic rings. The van der Waals surface area contributed by atoms with E-state index in [9.17, 15) is 9.59 Å². The van der Waals surface area contributed by atoms with Crippen molar-refractivity contribution in [1.82, 2.24) is 4.90 Å². The molecule has 0 N–H and O–H groups in total. The summed E-state index contributed by atoms with van der Waals surface area (Å²) in [5.41, 5.74) is 1.46. The summed E-state index contributed by atoms with van der Waals surface area (Å²) < 4.78 is 27.7. The highest BCUT2D eigenvalue weighted by molar-refractivity contribution is 6.37. The maximum atomic E-state index is 11.6. The smallest absolute Gasteiger partial charge is 0.303 e. The van der Waals surface area contributed by atoms with E-state index in [2.05, 4.69) is 18.7 Å². The highest BCUT2D eigenvalue weighted by atomic mass is 35.5. The highest BCUT2D eigenvalue weighted by Crippen LogP contribution is 2.40. The van der Waals surface area contributed by atoms with Crippen LogP contribution in [0.15, 0.2) is 36.4 Å². The number of hydrogen-bond donors (Lipinski definition) is 0. The Kier molecular flexibility index (Phi) is 12.2. The average molecular weight is 617 g/mol. The van der Waals surface area contributed by atoms with Gasteiger partial charge in [-0.15, -0.1) is 11.6 Å². The van der Waals surface area contributed by atoms with Gasteiger partial charge in [-0.3, -0.25) is 14.5 Å². The third kappa shape index (κ3) is 9.42. The number of hydrogen-bond acceptors (Lipinski definition) is 8. The van der Waals surface area contributed by atoms with E-state index in [0.29, 0.717) is 41.3 Å². The SMILES string of the molecule is CC(=O)OC(CCl)COc1c(Cl)cc(C(C)(C)c2ccc(OCC(CN3CCOCC3)OC(C)=O)cc2)cc1Cl. The number of alkyl halides is 1. The van der Waals surface area contributed by atoms with Crippen LogP contribution in [0, 0.1) is 0 Å². The van der Waals surface area contributed by atoms with Gasteiger partial charge in [0.25, 0.3) is 0 Å². The molecule has 1 aliphatic rings. The predicted octanol–water partition coefficient (Wildman–Crippen LogP) is 5.51. The van der Waals surface area contributed by atoms with Gasteiger partial charge in [0, 0.05) is 38.9 Å². The Morgan fingerprint density at radius 1 is 0.900 bits per heavy atom. The standard InChI is InChI=1S/C29H36Cl3NO7/c1-19(34)39-24(15-30)17-38-28-26(31)13-22(14-27(28)32)29(3,4)21-5-7-23(8-6-21)37-18-25(40-20(2)35)16-33-9-11-36-12-10-33/h5-8,13-14,24-25H,9-12,15-18H2,1-4H3. The molecule has 40 heavy (non-hydrogen) atoms. The van der Waals surface area contributed by atoms with Crippen LogP contribution in [0.4, 0.5) is 0 Å². The minimum atomic E-state index is -0.619. The zero-order valence-electron chi connectivity index (χ0n) is 23.2. The molecule has 2 unspecified atom stereocenters. The molecule has 2 atom stereocenters. The maximum absolute atomic E-state index is 11.6. The second-order valence-electron chi connectivity index (χ2n) is 10.1. The summed E-state index contributed by atoms with van der Waals surface area (Å²) in [4.78, 5) is 25.0. The van der Waals surface area contributed by atoms with Crippen molar-refractivity contribution in [3.8, 4) is 11.5 Å². The summed E-state index contributed by atoms with van der Waals surface area (Å²) >= 11 is 19.0. The second kappa shape index (κ2) is 15.1. The fourth-order valence-electron chi connectivity index (χ4n) is 4.33. The van der Waals surface area contributed by atoms with Crippen molar-refractivity contribution in [2.45, 2.75) is 45.3 Å². The lowest BCUT2D eigenvalue weighted by molar-refractivity contribution is -0.149. The van der Waals surface area contributed by atoms with Gasteiger partial charge in [0.05, 0.1) is 29.1 Å². The quantitative estimate of drug-likeness (QED) is 0.215. The molecular weight excluding hydrogens is 581 g/mol.